The summed E-state index contributed by atoms with van der Waals surface area (Å²) in [5, 5.41) is 8.48. The van der Waals surface area contributed by atoms with Crippen molar-refractivity contribution in [2.24, 2.45) is 0 Å². The lowest BCUT2D eigenvalue weighted by atomic mass is 10.3. The van der Waals surface area contributed by atoms with E-state index in [1.54, 1.807) is 12.1 Å². The predicted octanol–water partition coefficient (Wildman–Crippen LogP) is 0.723. The quantitative estimate of drug-likeness (QED) is 0.669. The van der Waals surface area contributed by atoms with Crippen LogP contribution in [0.25, 0.3) is 0 Å². The summed E-state index contributed by atoms with van der Waals surface area (Å²) in [5.41, 5.74) is 0. The molecule has 4 heteroatoms. The minimum atomic E-state index is -0.310. The average Bonchev–Trinajstić information content (AvgIpc) is 2.06. The van der Waals surface area contributed by atoms with Crippen LogP contribution in [0.3, 0.4) is 0 Å². The van der Waals surface area contributed by atoms with Crippen LogP contribution in [-0.4, -0.2) is 19.3 Å². The molecular formula is C8H11BO3. The van der Waals surface area contributed by atoms with E-state index in [0.717, 1.165) is 5.75 Å². The Kier molecular flexibility index (Phi) is 3.48. The fourth-order valence-corrected chi connectivity index (χ4v) is 0.895. The second kappa shape index (κ2) is 4.67. The van der Waals surface area contributed by atoms with Crippen molar-refractivity contribution in [2.75, 3.05) is 6.61 Å². The van der Waals surface area contributed by atoms with Gasteiger partial charge in [0.15, 0.2) is 0 Å². The molecule has 1 aromatic carbocycles. The second-order valence-electron chi connectivity index (χ2n) is 2.18. The number of benzene rings is 1. The summed E-state index contributed by atoms with van der Waals surface area (Å²) in [4.78, 5) is 0. The molecule has 0 atom stereocenters. The molecule has 0 bridgehead atoms. The van der Waals surface area contributed by atoms with Crippen LogP contribution in [0.2, 0.25) is 0 Å². The first-order valence-corrected chi connectivity index (χ1v) is 3.83. The van der Waals surface area contributed by atoms with Gasteiger partial charge in [0.2, 0.25) is 0 Å². The van der Waals surface area contributed by atoms with Crippen LogP contribution in [0, 0.1) is 0 Å². The normalized spacial score (nSPS) is 9.17. The summed E-state index contributed by atoms with van der Waals surface area (Å²) in [6, 6.07) is 7.15. The van der Waals surface area contributed by atoms with Crippen LogP contribution in [0.15, 0.2) is 24.3 Å². The molecule has 12 heavy (non-hydrogen) atoms. The lowest BCUT2D eigenvalue weighted by molar-refractivity contribution is 0.338. The van der Waals surface area contributed by atoms with Crippen LogP contribution in [0.1, 0.15) is 6.92 Å². The molecule has 0 amide bonds. The molecule has 0 unspecified atom stereocenters. The first kappa shape index (κ1) is 8.94. The highest BCUT2D eigenvalue weighted by atomic mass is 16.5. The highest BCUT2D eigenvalue weighted by Crippen LogP contribution is 2.18. The van der Waals surface area contributed by atoms with Crippen LogP contribution in [0.5, 0.6) is 11.5 Å². The Morgan fingerprint density at radius 3 is 2.83 bits per heavy atom. The van der Waals surface area contributed by atoms with E-state index in [-0.39, 0.29) is 7.69 Å². The van der Waals surface area contributed by atoms with Gasteiger partial charge in [0, 0.05) is 6.07 Å². The van der Waals surface area contributed by atoms with E-state index in [1.165, 1.54) is 0 Å². The average molecular weight is 166 g/mol. The third-order valence-electron chi connectivity index (χ3n) is 1.35. The third kappa shape index (κ3) is 2.47. The summed E-state index contributed by atoms with van der Waals surface area (Å²) in [6.07, 6.45) is 0. The number of hydrogen-bond acceptors (Lipinski definition) is 3. The van der Waals surface area contributed by atoms with Crippen molar-refractivity contribution in [1.29, 1.82) is 0 Å². The Bertz CT molecular complexity index is 218. The van der Waals surface area contributed by atoms with Gasteiger partial charge in [0.25, 0.3) is 0 Å². The van der Waals surface area contributed by atoms with Crippen molar-refractivity contribution >= 4 is 7.69 Å². The zero-order valence-corrected chi connectivity index (χ0v) is 6.99. The van der Waals surface area contributed by atoms with Crippen molar-refractivity contribution in [3.05, 3.63) is 24.3 Å². The first-order valence-electron chi connectivity index (χ1n) is 3.83. The molecule has 0 aromatic heterocycles. The summed E-state index contributed by atoms with van der Waals surface area (Å²) in [5.74, 6) is 1.37. The molecule has 64 valence electrons. The maximum Gasteiger partial charge on any atom is 0.504 e. The topological polar surface area (TPSA) is 38.7 Å². The molecule has 0 aliphatic heterocycles. The van der Waals surface area contributed by atoms with Crippen molar-refractivity contribution in [3.63, 3.8) is 0 Å². The van der Waals surface area contributed by atoms with E-state index >= 15 is 0 Å². The highest BCUT2D eigenvalue weighted by Gasteiger charge is 1.95. The Morgan fingerprint density at radius 2 is 2.17 bits per heavy atom. The summed E-state index contributed by atoms with van der Waals surface area (Å²) in [7, 11) is -0.310. The van der Waals surface area contributed by atoms with E-state index < -0.39 is 0 Å². The van der Waals surface area contributed by atoms with Crippen LogP contribution in [-0.2, 0) is 0 Å². The summed E-state index contributed by atoms with van der Waals surface area (Å²) < 4.78 is 10.1. The highest BCUT2D eigenvalue weighted by molar-refractivity contribution is 6.17. The molecule has 0 aliphatic carbocycles. The molecular weight excluding hydrogens is 155 g/mol. The van der Waals surface area contributed by atoms with E-state index in [9.17, 15) is 0 Å². The molecule has 1 rings (SSSR count). The lowest BCUT2D eigenvalue weighted by Gasteiger charge is -2.05. The molecule has 0 fully saturated rings. The number of hydrogen-bond donors (Lipinski definition) is 1. The van der Waals surface area contributed by atoms with Crippen LogP contribution < -0.4 is 9.39 Å². The van der Waals surface area contributed by atoms with Crippen molar-refractivity contribution in [2.45, 2.75) is 6.92 Å². The molecule has 3 nitrogen and oxygen atoms in total. The first-order chi connectivity index (χ1) is 5.86. The third-order valence-corrected chi connectivity index (χ3v) is 1.35. The maximum absolute atomic E-state index is 8.48. The second-order valence-corrected chi connectivity index (χ2v) is 2.18. The van der Waals surface area contributed by atoms with E-state index in [2.05, 4.69) is 0 Å². The van der Waals surface area contributed by atoms with Crippen molar-refractivity contribution in [1.82, 2.24) is 0 Å². The minimum absolute atomic E-state index is 0.310. The van der Waals surface area contributed by atoms with Gasteiger partial charge in [-0.2, -0.15) is 0 Å². The molecule has 0 saturated heterocycles. The van der Waals surface area contributed by atoms with Crippen LogP contribution >= 0.6 is 0 Å². The fraction of sp³-hybridized carbons (Fsp3) is 0.250. The molecule has 1 N–H and O–H groups in total. The number of ether oxygens (including phenoxy) is 1. The number of rotatable bonds is 4. The molecule has 0 heterocycles. The largest absolute Gasteiger partial charge is 0.539 e. The fourth-order valence-electron chi connectivity index (χ4n) is 0.895. The van der Waals surface area contributed by atoms with Gasteiger partial charge in [0.05, 0.1) is 6.61 Å². The molecule has 0 aliphatic rings. The molecule has 1 aromatic rings. The standard InChI is InChI=1S/C8H11BO3/c1-2-11-7-4-3-5-8(6-7)12-9-10/h3-6,9-10H,2H2,1H3. The Balaban J connectivity index is 2.67. The lowest BCUT2D eigenvalue weighted by Crippen LogP contribution is -2.00. The van der Waals surface area contributed by atoms with Gasteiger partial charge in [-0.1, -0.05) is 6.07 Å². The summed E-state index contributed by atoms with van der Waals surface area (Å²) >= 11 is 0. The predicted molar refractivity (Wildman–Crippen MR) is 47.6 cm³/mol. The van der Waals surface area contributed by atoms with E-state index in [4.69, 9.17) is 14.4 Å². The maximum atomic E-state index is 8.48. The van der Waals surface area contributed by atoms with Gasteiger partial charge < -0.3 is 14.4 Å². The van der Waals surface area contributed by atoms with E-state index in [1.807, 2.05) is 19.1 Å². The minimum Gasteiger partial charge on any atom is -0.539 e. The zero-order valence-electron chi connectivity index (χ0n) is 6.99. The van der Waals surface area contributed by atoms with Gasteiger partial charge in [-0.05, 0) is 19.1 Å². The Labute approximate surface area is 72.2 Å². The Morgan fingerprint density at radius 1 is 1.42 bits per heavy atom. The van der Waals surface area contributed by atoms with Gasteiger partial charge in [-0.3, -0.25) is 0 Å². The van der Waals surface area contributed by atoms with Crippen molar-refractivity contribution < 1.29 is 14.4 Å². The van der Waals surface area contributed by atoms with Crippen molar-refractivity contribution in [3.8, 4) is 11.5 Å². The van der Waals surface area contributed by atoms with E-state index in [0.29, 0.717) is 12.4 Å². The zero-order chi connectivity index (χ0) is 8.81. The smallest absolute Gasteiger partial charge is 0.504 e. The van der Waals surface area contributed by atoms with Gasteiger partial charge in [-0.15, -0.1) is 0 Å². The molecule has 0 radical (unpaired) electrons. The van der Waals surface area contributed by atoms with Gasteiger partial charge >= 0.3 is 7.69 Å². The summed E-state index contributed by atoms with van der Waals surface area (Å²) in [6.45, 7) is 2.54. The van der Waals surface area contributed by atoms with Gasteiger partial charge in [0.1, 0.15) is 11.5 Å². The van der Waals surface area contributed by atoms with Gasteiger partial charge in [-0.25, -0.2) is 0 Å². The Hall–Kier alpha value is -1.16. The van der Waals surface area contributed by atoms with Crippen LogP contribution in [0.4, 0.5) is 0 Å². The monoisotopic (exact) mass is 166 g/mol. The molecule has 0 spiro atoms. The SMILES string of the molecule is CCOc1cccc(OBO)c1. The molecule has 0 saturated carbocycles.